The molecule has 0 fully saturated rings. The van der Waals surface area contributed by atoms with Crippen LogP contribution >= 0.6 is 0 Å². The molecular weight excluding hydrogens is 316 g/mol. The molecule has 0 aliphatic carbocycles. The lowest BCUT2D eigenvalue weighted by Gasteiger charge is -2.27. The third kappa shape index (κ3) is 4.10. The second kappa shape index (κ2) is 6.75. The van der Waals surface area contributed by atoms with Crippen molar-refractivity contribution in [2.75, 3.05) is 13.6 Å². The molecule has 1 aromatic carbocycles. The monoisotopic (exact) mass is 340 g/mol. The Morgan fingerprint density at radius 1 is 1.24 bits per heavy atom. The van der Waals surface area contributed by atoms with Gasteiger partial charge in [-0.3, -0.25) is 4.98 Å². The van der Waals surface area contributed by atoms with Crippen molar-refractivity contribution < 1.29 is 14.3 Å². The van der Waals surface area contributed by atoms with Gasteiger partial charge in [0.2, 0.25) is 0 Å². The largest absolute Gasteiger partial charge is 0.455 e. The number of para-hydroxylation sites is 1. The number of likely N-dealkylation sites (N-methyl/N-ethyl adjacent to an activating group) is 1. The van der Waals surface area contributed by atoms with Gasteiger partial charge in [0.25, 0.3) is 0 Å². The fourth-order valence-electron chi connectivity index (χ4n) is 2.95. The number of carbonyl (C=O) groups is 1. The van der Waals surface area contributed by atoms with Gasteiger partial charge in [0.05, 0.1) is 5.69 Å². The number of hydrogen-bond acceptors (Lipinski definition) is 4. The first-order valence-electron chi connectivity index (χ1n) is 8.48. The Morgan fingerprint density at radius 2 is 1.96 bits per heavy atom. The van der Waals surface area contributed by atoms with Gasteiger partial charge in [0.15, 0.2) is 0 Å². The molecule has 0 saturated heterocycles. The Balaban J connectivity index is 1.86. The lowest BCUT2D eigenvalue weighted by atomic mass is 9.93. The lowest BCUT2D eigenvalue weighted by molar-refractivity contribution is 0.0288. The van der Waals surface area contributed by atoms with Crippen molar-refractivity contribution in [3.05, 3.63) is 53.9 Å². The minimum Gasteiger partial charge on any atom is -0.455 e. The van der Waals surface area contributed by atoms with Crippen LogP contribution in [0.15, 0.2) is 42.6 Å². The van der Waals surface area contributed by atoms with E-state index in [2.05, 4.69) is 11.1 Å². The highest BCUT2D eigenvalue weighted by Crippen LogP contribution is 2.38. The Hall–Kier alpha value is -2.56. The minimum atomic E-state index is -0.510. The molecule has 0 N–H and O–H groups in total. The van der Waals surface area contributed by atoms with Crippen molar-refractivity contribution in [2.24, 2.45) is 0 Å². The van der Waals surface area contributed by atoms with E-state index >= 15 is 0 Å². The molecule has 132 valence electrons. The molecule has 1 atom stereocenters. The smallest absolute Gasteiger partial charge is 0.410 e. The quantitative estimate of drug-likeness (QED) is 0.814. The summed E-state index contributed by atoms with van der Waals surface area (Å²) in [4.78, 5) is 18.4. The molecule has 1 amide bonds. The normalized spacial score (nSPS) is 16.1. The summed E-state index contributed by atoms with van der Waals surface area (Å²) in [6.45, 7) is 6.14. The van der Waals surface area contributed by atoms with Crippen molar-refractivity contribution in [2.45, 2.75) is 38.7 Å². The van der Waals surface area contributed by atoms with Crippen molar-refractivity contribution in [1.29, 1.82) is 0 Å². The van der Waals surface area contributed by atoms with Crippen molar-refractivity contribution in [3.63, 3.8) is 0 Å². The topological polar surface area (TPSA) is 51.7 Å². The fourth-order valence-corrected chi connectivity index (χ4v) is 2.95. The van der Waals surface area contributed by atoms with E-state index in [0.29, 0.717) is 13.0 Å². The first-order valence-corrected chi connectivity index (χ1v) is 8.48. The van der Waals surface area contributed by atoms with Crippen LogP contribution in [0.25, 0.3) is 0 Å². The van der Waals surface area contributed by atoms with Crippen LogP contribution in [0.4, 0.5) is 4.79 Å². The maximum absolute atomic E-state index is 12.3. The second-order valence-electron chi connectivity index (χ2n) is 7.35. The highest BCUT2D eigenvalue weighted by Gasteiger charge is 2.28. The third-order valence-electron chi connectivity index (χ3n) is 4.07. The summed E-state index contributed by atoms with van der Waals surface area (Å²) >= 11 is 0. The van der Waals surface area contributed by atoms with Gasteiger partial charge in [0, 0.05) is 37.7 Å². The predicted octanol–water partition coefficient (Wildman–Crippen LogP) is 4.38. The van der Waals surface area contributed by atoms with Gasteiger partial charge in [-0.25, -0.2) is 4.79 Å². The molecule has 5 nitrogen and oxygen atoms in total. The molecule has 0 saturated carbocycles. The molecular formula is C20H24N2O3. The Bertz CT molecular complexity index is 768. The summed E-state index contributed by atoms with van der Waals surface area (Å²) in [5, 5.41) is 0. The number of rotatable bonds is 2. The van der Waals surface area contributed by atoms with Crippen LogP contribution in [-0.2, 0) is 11.2 Å². The molecule has 1 aliphatic rings. The highest BCUT2D eigenvalue weighted by molar-refractivity contribution is 5.68. The van der Waals surface area contributed by atoms with Gasteiger partial charge in [-0.05, 0) is 39.0 Å². The number of fused-ring (bicyclic) bond motifs is 2. The van der Waals surface area contributed by atoms with E-state index in [4.69, 9.17) is 9.47 Å². The van der Waals surface area contributed by atoms with E-state index in [0.717, 1.165) is 22.8 Å². The molecule has 1 aliphatic heterocycles. The molecule has 0 bridgehead atoms. The van der Waals surface area contributed by atoms with Gasteiger partial charge in [0.1, 0.15) is 17.1 Å². The zero-order valence-electron chi connectivity index (χ0n) is 15.2. The number of nitrogens with zero attached hydrogens (tertiary/aromatic N) is 2. The van der Waals surface area contributed by atoms with E-state index in [1.54, 1.807) is 18.1 Å². The number of pyridine rings is 1. The lowest BCUT2D eigenvalue weighted by Crippen LogP contribution is -2.36. The van der Waals surface area contributed by atoms with Crippen LogP contribution in [0.3, 0.4) is 0 Å². The average Bonchev–Trinajstić information content (AvgIpc) is 2.69. The van der Waals surface area contributed by atoms with E-state index in [1.165, 1.54) is 0 Å². The Kier molecular flexibility index (Phi) is 4.66. The first-order chi connectivity index (χ1) is 11.8. The maximum atomic E-state index is 12.3. The van der Waals surface area contributed by atoms with E-state index in [9.17, 15) is 4.79 Å². The highest BCUT2D eigenvalue weighted by atomic mass is 16.6. The van der Waals surface area contributed by atoms with Crippen molar-refractivity contribution in [1.82, 2.24) is 9.88 Å². The summed E-state index contributed by atoms with van der Waals surface area (Å²) in [6, 6.07) is 11.8. The first kappa shape index (κ1) is 17.3. The summed E-state index contributed by atoms with van der Waals surface area (Å²) in [7, 11) is 1.77. The zero-order valence-corrected chi connectivity index (χ0v) is 15.2. The number of hydrogen-bond donors (Lipinski definition) is 0. The van der Waals surface area contributed by atoms with E-state index in [-0.39, 0.29) is 12.0 Å². The van der Waals surface area contributed by atoms with Gasteiger partial charge >= 0.3 is 6.09 Å². The Morgan fingerprint density at radius 3 is 2.72 bits per heavy atom. The van der Waals surface area contributed by atoms with Gasteiger partial charge < -0.3 is 14.4 Å². The second-order valence-corrected chi connectivity index (χ2v) is 7.35. The molecule has 2 aromatic rings. The van der Waals surface area contributed by atoms with Gasteiger partial charge in [-0.1, -0.05) is 18.2 Å². The number of amides is 1. The van der Waals surface area contributed by atoms with E-state index < -0.39 is 5.60 Å². The van der Waals surface area contributed by atoms with Crippen LogP contribution < -0.4 is 4.74 Å². The molecule has 0 spiro atoms. The number of aromatic nitrogens is 1. The predicted molar refractivity (Wildman–Crippen MR) is 96.1 cm³/mol. The average molecular weight is 340 g/mol. The number of carbonyl (C=O) groups excluding carboxylic acids is 1. The summed E-state index contributed by atoms with van der Waals surface area (Å²) < 4.78 is 11.5. The summed E-state index contributed by atoms with van der Waals surface area (Å²) in [5.74, 6) is 1.68. The molecule has 0 radical (unpaired) electrons. The van der Waals surface area contributed by atoms with Gasteiger partial charge in [-0.15, -0.1) is 0 Å². The van der Waals surface area contributed by atoms with E-state index in [1.807, 2.05) is 51.1 Å². The third-order valence-corrected chi connectivity index (χ3v) is 4.07. The molecule has 25 heavy (non-hydrogen) atoms. The maximum Gasteiger partial charge on any atom is 0.410 e. The molecule has 1 aromatic heterocycles. The number of ether oxygens (including phenoxy) is 2. The molecule has 2 heterocycles. The summed E-state index contributed by atoms with van der Waals surface area (Å²) in [6.07, 6.45) is 2.16. The SMILES string of the molecule is CN(CC1Cc2ncccc2Oc2ccccc21)C(=O)OC(C)(C)C. The Labute approximate surface area is 148 Å². The van der Waals surface area contributed by atoms with Crippen LogP contribution in [0.1, 0.15) is 37.9 Å². The van der Waals surface area contributed by atoms with Crippen LogP contribution in [0, 0.1) is 0 Å². The molecule has 1 unspecified atom stereocenters. The van der Waals surface area contributed by atoms with Crippen LogP contribution in [-0.4, -0.2) is 35.2 Å². The molecule has 5 heteroatoms. The van der Waals surface area contributed by atoms with Crippen molar-refractivity contribution >= 4 is 6.09 Å². The number of benzene rings is 1. The van der Waals surface area contributed by atoms with Gasteiger partial charge in [-0.2, -0.15) is 0 Å². The zero-order chi connectivity index (χ0) is 18.0. The molecule has 3 rings (SSSR count). The van der Waals surface area contributed by atoms with Crippen molar-refractivity contribution in [3.8, 4) is 11.5 Å². The summed E-state index contributed by atoms with van der Waals surface area (Å²) in [5.41, 5.74) is 1.47. The van der Waals surface area contributed by atoms with Crippen LogP contribution in [0.5, 0.6) is 11.5 Å². The minimum absolute atomic E-state index is 0.0878. The standard InChI is InChI=1S/C20H24N2O3/c1-20(2,3)25-19(23)22(4)13-14-12-16-18(10-7-11-21-16)24-17-9-6-5-8-15(14)17/h5-11,14H,12-13H2,1-4H3. The fraction of sp³-hybridized carbons (Fsp3) is 0.400. The van der Waals surface area contributed by atoms with Crippen LogP contribution in [0.2, 0.25) is 0 Å².